The Morgan fingerprint density at radius 2 is 1.94 bits per heavy atom. The highest BCUT2D eigenvalue weighted by molar-refractivity contribution is 7.11. The van der Waals surface area contributed by atoms with Crippen molar-refractivity contribution in [2.24, 2.45) is 0 Å². The van der Waals surface area contributed by atoms with Crippen molar-refractivity contribution in [1.82, 2.24) is 10.3 Å². The highest BCUT2D eigenvalue weighted by atomic mass is 32.1. The van der Waals surface area contributed by atoms with Crippen molar-refractivity contribution in [3.63, 3.8) is 0 Å². The van der Waals surface area contributed by atoms with E-state index in [0.29, 0.717) is 0 Å². The van der Waals surface area contributed by atoms with Gasteiger partial charge in [0.05, 0.1) is 5.69 Å². The number of nitrogens with zero attached hydrogens (tertiary/aromatic N) is 1. The Balaban J connectivity index is 1.78. The molecule has 0 radical (unpaired) electrons. The van der Waals surface area contributed by atoms with Crippen LogP contribution in [0.1, 0.15) is 26.7 Å². The van der Waals surface area contributed by atoms with Gasteiger partial charge in [0, 0.05) is 11.4 Å². The first-order valence-electron chi connectivity index (χ1n) is 6.35. The molecule has 1 aromatic heterocycles. The molecule has 0 atom stereocenters. The third-order valence-corrected chi connectivity index (χ3v) is 4.25. The Morgan fingerprint density at radius 3 is 2.61 bits per heavy atom. The molecule has 1 aromatic carbocycles. The molecule has 0 amide bonds. The van der Waals surface area contributed by atoms with E-state index in [1.807, 2.05) is 0 Å². The van der Waals surface area contributed by atoms with Crippen LogP contribution in [0, 0.1) is 20.8 Å². The van der Waals surface area contributed by atoms with Gasteiger partial charge < -0.3 is 5.32 Å². The van der Waals surface area contributed by atoms with Gasteiger partial charge >= 0.3 is 0 Å². The van der Waals surface area contributed by atoms with Crippen molar-refractivity contribution >= 4 is 11.3 Å². The average molecular weight is 260 g/mol. The molecular formula is C15H20N2S. The Bertz CT molecular complexity index is 497. The normalized spacial score (nSPS) is 10.8. The number of hydrogen-bond acceptors (Lipinski definition) is 3. The third kappa shape index (κ3) is 3.40. The molecule has 3 heteroatoms. The molecule has 2 rings (SSSR count). The quantitative estimate of drug-likeness (QED) is 0.833. The van der Waals surface area contributed by atoms with E-state index in [1.165, 1.54) is 21.0 Å². The molecule has 0 saturated heterocycles. The van der Waals surface area contributed by atoms with E-state index in [4.69, 9.17) is 0 Å². The number of aromatic nitrogens is 1. The van der Waals surface area contributed by atoms with Gasteiger partial charge in [0.2, 0.25) is 0 Å². The van der Waals surface area contributed by atoms with Gasteiger partial charge in [0.25, 0.3) is 0 Å². The van der Waals surface area contributed by atoms with E-state index < -0.39 is 0 Å². The SMILES string of the molecule is Cc1ccccc1CCNCc1nc(C)c(C)s1. The largest absolute Gasteiger partial charge is 0.310 e. The highest BCUT2D eigenvalue weighted by Gasteiger charge is 2.03. The maximum atomic E-state index is 4.53. The van der Waals surface area contributed by atoms with E-state index >= 15 is 0 Å². The fraction of sp³-hybridized carbons (Fsp3) is 0.400. The summed E-state index contributed by atoms with van der Waals surface area (Å²) in [6.07, 6.45) is 1.08. The molecule has 18 heavy (non-hydrogen) atoms. The first-order valence-corrected chi connectivity index (χ1v) is 7.16. The summed E-state index contributed by atoms with van der Waals surface area (Å²) in [5, 5.41) is 4.66. The van der Waals surface area contributed by atoms with Gasteiger partial charge in [-0.3, -0.25) is 0 Å². The van der Waals surface area contributed by atoms with Gasteiger partial charge in [-0.2, -0.15) is 0 Å². The van der Waals surface area contributed by atoms with Gasteiger partial charge in [0.15, 0.2) is 0 Å². The fourth-order valence-corrected chi connectivity index (χ4v) is 2.83. The van der Waals surface area contributed by atoms with Gasteiger partial charge in [0.1, 0.15) is 5.01 Å². The van der Waals surface area contributed by atoms with Gasteiger partial charge in [-0.25, -0.2) is 4.98 Å². The molecule has 1 N–H and O–H groups in total. The van der Waals surface area contributed by atoms with Crippen LogP contribution in [0.3, 0.4) is 0 Å². The summed E-state index contributed by atoms with van der Waals surface area (Å²) in [4.78, 5) is 5.85. The third-order valence-electron chi connectivity index (χ3n) is 3.18. The summed E-state index contributed by atoms with van der Waals surface area (Å²) in [5.74, 6) is 0. The van der Waals surface area contributed by atoms with Crippen molar-refractivity contribution in [3.8, 4) is 0 Å². The molecule has 0 aliphatic rings. The predicted molar refractivity (Wildman–Crippen MR) is 78.2 cm³/mol. The summed E-state index contributed by atoms with van der Waals surface area (Å²) in [6.45, 7) is 8.25. The second-order valence-corrected chi connectivity index (χ2v) is 5.89. The van der Waals surface area contributed by atoms with Crippen molar-refractivity contribution in [2.45, 2.75) is 33.7 Å². The molecule has 1 heterocycles. The lowest BCUT2D eigenvalue weighted by Crippen LogP contribution is -2.16. The zero-order chi connectivity index (χ0) is 13.0. The predicted octanol–water partition coefficient (Wildman–Crippen LogP) is 3.40. The van der Waals surface area contributed by atoms with Gasteiger partial charge in [-0.1, -0.05) is 24.3 Å². The number of nitrogens with one attached hydrogen (secondary N) is 1. The number of rotatable bonds is 5. The Morgan fingerprint density at radius 1 is 1.17 bits per heavy atom. The molecule has 0 spiro atoms. The second kappa shape index (κ2) is 6.12. The lowest BCUT2D eigenvalue weighted by Gasteiger charge is -2.05. The Labute approximate surface area is 113 Å². The standard InChI is InChI=1S/C15H20N2S/c1-11-6-4-5-7-14(11)8-9-16-10-15-17-12(2)13(3)18-15/h4-7,16H,8-10H2,1-3H3. The van der Waals surface area contributed by atoms with Crippen molar-refractivity contribution < 1.29 is 0 Å². The molecular weight excluding hydrogens is 240 g/mol. The van der Waals surface area contributed by atoms with E-state index in [9.17, 15) is 0 Å². The minimum Gasteiger partial charge on any atom is -0.310 e. The molecule has 2 aromatic rings. The minimum absolute atomic E-state index is 0.880. The van der Waals surface area contributed by atoms with Crippen molar-refractivity contribution in [3.05, 3.63) is 51.0 Å². The number of aryl methyl sites for hydroxylation is 3. The summed E-state index contributed by atoms with van der Waals surface area (Å²) < 4.78 is 0. The average Bonchev–Trinajstić information content (AvgIpc) is 2.66. The van der Waals surface area contributed by atoms with Crippen LogP contribution in [-0.4, -0.2) is 11.5 Å². The second-order valence-electron chi connectivity index (χ2n) is 4.60. The van der Waals surface area contributed by atoms with Gasteiger partial charge in [-0.15, -0.1) is 11.3 Å². The van der Waals surface area contributed by atoms with Crippen LogP contribution in [0.4, 0.5) is 0 Å². The Hall–Kier alpha value is -1.19. The van der Waals surface area contributed by atoms with Crippen LogP contribution in [-0.2, 0) is 13.0 Å². The van der Waals surface area contributed by atoms with E-state index in [2.05, 4.69) is 55.3 Å². The molecule has 0 unspecified atom stereocenters. The van der Waals surface area contributed by atoms with Crippen LogP contribution in [0.25, 0.3) is 0 Å². The fourth-order valence-electron chi connectivity index (χ4n) is 1.92. The maximum Gasteiger partial charge on any atom is 0.107 e. The zero-order valence-corrected chi connectivity index (χ0v) is 12.1. The molecule has 0 bridgehead atoms. The summed E-state index contributed by atoms with van der Waals surface area (Å²) in [7, 11) is 0. The summed E-state index contributed by atoms with van der Waals surface area (Å²) in [5.41, 5.74) is 3.97. The summed E-state index contributed by atoms with van der Waals surface area (Å²) >= 11 is 1.79. The minimum atomic E-state index is 0.880. The maximum absolute atomic E-state index is 4.53. The van der Waals surface area contributed by atoms with Crippen molar-refractivity contribution in [1.29, 1.82) is 0 Å². The molecule has 0 saturated carbocycles. The lowest BCUT2D eigenvalue weighted by molar-refractivity contribution is 0.681. The zero-order valence-electron chi connectivity index (χ0n) is 11.3. The number of hydrogen-bond donors (Lipinski definition) is 1. The van der Waals surface area contributed by atoms with Crippen LogP contribution in [0.15, 0.2) is 24.3 Å². The van der Waals surface area contributed by atoms with Crippen LogP contribution >= 0.6 is 11.3 Å². The molecule has 0 aliphatic heterocycles. The van der Waals surface area contributed by atoms with Crippen molar-refractivity contribution in [2.75, 3.05) is 6.54 Å². The van der Waals surface area contributed by atoms with Crippen LogP contribution in [0.2, 0.25) is 0 Å². The first-order chi connectivity index (χ1) is 8.66. The number of benzene rings is 1. The Kier molecular flexibility index (Phi) is 4.50. The van der Waals surface area contributed by atoms with Gasteiger partial charge in [-0.05, 0) is 44.9 Å². The monoisotopic (exact) mass is 260 g/mol. The molecule has 0 fully saturated rings. The van der Waals surface area contributed by atoms with E-state index in [0.717, 1.165) is 25.2 Å². The topological polar surface area (TPSA) is 24.9 Å². The van der Waals surface area contributed by atoms with Crippen LogP contribution in [0.5, 0.6) is 0 Å². The van der Waals surface area contributed by atoms with Crippen LogP contribution < -0.4 is 5.32 Å². The molecule has 96 valence electrons. The lowest BCUT2D eigenvalue weighted by atomic mass is 10.1. The summed E-state index contributed by atoms with van der Waals surface area (Å²) in [6, 6.07) is 8.57. The highest BCUT2D eigenvalue weighted by Crippen LogP contribution is 2.16. The van der Waals surface area contributed by atoms with E-state index in [1.54, 1.807) is 11.3 Å². The smallest absolute Gasteiger partial charge is 0.107 e. The molecule has 0 aliphatic carbocycles. The first kappa shape index (κ1) is 13.2. The molecule has 2 nitrogen and oxygen atoms in total. The number of thiazole rings is 1. The van der Waals surface area contributed by atoms with E-state index in [-0.39, 0.29) is 0 Å².